The Kier molecular flexibility index (Phi) is 5.85. The number of carbonyl (C=O) groups is 3. The Labute approximate surface area is 191 Å². The van der Waals surface area contributed by atoms with Gasteiger partial charge in [0.25, 0.3) is 0 Å². The topological polar surface area (TPSA) is 86.5 Å². The lowest BCUT2D eigenvalue weighted by Gasteiger charge is -2.54. The highest BCUT2D eigenvalue weighted by Crippen LogP contribution is 2.69. The summed E-state index contributed by atoms with van der Waals surface area (Å²) in [5.74, 6) is 0.823. The van der Waals surface area contributed by atoms with Gasteiger partial charge < -0.3 is 10.5 Å². The van der Waals surface area contributed by atoms with Gasteiger partial charge in [0.05, 0.1) is 0 Å². The number of esters is 1. The van der Waals surface area contributed by atoms with E-state index >= 15 is 0 Å². The van der Waals surface area contributed by atoms with E-state index in [9.17, 15) is 14.4 Å². The third kappa shape index (κ3) is 3.27. The van der Waals surface area contributed by atoms with Gasteiger partial charge in [-0.3, -0.25) is 14.4 Å². The number of hydrogen-bond acceptors (Lipinski definition) is 5. The minimum atomic E-state index is -0.538. The molecule has 0 aromatic heterocycles. The van der Waals surface area contributed by atoms with Gasteiger partial charge in [-0.25, -0.2) is 0 Å². The number of carbonyl (C=O) groups excluding carboxylic acids is 3. The molecule has 0 saturated heterocycles. The molecule has 4 rings (SSSR count). The standard InChI is InChI=1S/C27H37NO4/c1-17-14-22-20-8-7-18-15-19(29)9-11-25(18,2)21(20)10-12-26(22,3)27(17,4)23(30)16-32-24(31)6-5-13-28/h9-11,15,17,20,22H,5-8,12-14,16,28H2,1-4H3. The molecule has 2 N–H and O–H groups in total. The van der Waals surface area contributed by atoms with Crippen molar-refractivity contribution >= 4 is 17.5 Å². The first-order valence-electron chi connectivity index (χ1n) is 12.1. The average molecular weight is 440 g/mol. The average Bonchev–Trinajstić information content (AvgIpc) is 2.98. The summed E-state index contributed by atoms with van der Waals surface area (Å²) in [5.41, 5.74) is 7.23. The smallest absolute Gasteiger partial charge is 0.306 e. The Hall–Kier alpha value is -2.01. The van der Waals surface area contributed by atoms with Crippen LogP contribution in [0.2, 0.25) is 0 Å². The summed E-state index contributed by atoms with van der Waals surface area (Å²) in [6, 6.07) is 0. The Morgan fingerprint density at radius 2 is 2.00 bits per heavy atom. The Morgan fingerprint density at radius 1 is 1.25 bits per heavy atom. The molecule has 4 aliphatic carbocycles. The second kappa shape index (κ2) is 8.09. The van der Waals surface area contributed by atoms with Crippen molar-refractivity contribution in [2.24, 2.45) is 39.7 Å². The molecule has 5 heteroatoms. The van der Waals surface area contributed by atoms with Crippen molar-refractivity contribution in [1.82, 2.24) is 0 Å². The molecule has 0 bridgehead atoms. The second-order valence-corrected chi connectivity index (χ2v) is 11.0. The van der Waals surface area contributed by atoms with Gasteiger partial charge in [0.15, 0.2) is 18.2 Å². The lowest BCUT2D eigenvalue weighted by molar-refractivity contribution is -0.155. The molecule has 2 saturated carbocycles. The number of allylic oxidation sites excluding steroid dienone is 6. The lowest BCUT2D eigenvalue weighted by atomic mass is 9.49. The van der Waals surface area contributed by atoms with Gasteiger partial charge in [-0.15, -0.1) is 0 Å². The van der Waals surface area contributed by atoms with Crippen molar-refractivity contribution < 1.29 is 19.1 Å². The van der Waals surface area contributed by atoms with E-state index in [-0.39, 0.29) is 47.3 Å². The number of Topliss-reactive ketones (excluding diaryl/α,β-unsaturated/α-hetero) is 1. The molecular weight excluding hydrogens is 402 g/mol. The van der Waals surface area contributed by atoms with E-state index < -0.39 is 5.41 Å². The summed E-state index contributed by atoms with van der Waals surface area (Å²) in [6.45, 7) is 9.09. The van der Waals surface area contributed by atoms with Crippen LogP contribution in [0.15, 0.2) is 35.5 Å². The first-order chi connectivity index (χ1) is 15.1. The summed E-state index contributed by atoms with van der Waals surface area (Å²) in [4.78, 5) is 37.5. The number of fused-ring (bicyclic) bond motifs is 5. The molecule has 5 nitrogen and oxygen atoms in total. The molecule has 0 amide bonds. The minimum absolute atomic E-state index is 0.0405. The maximum absolute atomic E-state index is 13.5. The quantitative estimate of drug-likeness (QED) is 0.492. The fourth-order valence-corrected chi connectivity index (χ4v) is 7.30. The van der Waals surface area contributed by atoms with Crippen molar-refractivity contribution in [3.05, 3.63) is 35.5 Å². The zero-order valence-corrected chi connectivity index (χ0v) is 19.9. The number of ketones is 2. The molecule has 0 aromatic carbocycles. The fourth-order valence-electron chi connectivity index (χ4n) is 7.30. The van der Waals surface area contributed by atoms with Gasteiger partial charge >= 0.3 is 5.97 Å². The van der Waals surface area contributed by atoms with Gasteiger partial charge in [0, 0.05) is 17.3 Å². The highest BCUT2D eigenvalue weighted by Gasteiger charge is 2.65. The fraction of sp³-hybridized carbons (Fsp3) is 0.667. The van der Waals surface area contributed by atoms with Gasteiger partial charge in [-0.05, 0) is 80.9 Å². The molecule has 2 fully saturated rings. The van der Waals surface area contributed by atoms with Crippen molar-refractivity contribution in [2.45, 2.75) is 66.2 Å². The molecule has 4 aliphatic rings. The number of nitrogens with two attached hydrogens (primary N) is 1. The molecule has 0 radical (unpaired) electrons. The lowest BCUT2D eigenvalue weighted by Crippen LogP contribution is -2.51. The first-order valence-corrected chi connectivity index (χ1v) is 12.1. The summed E-state index contributed by atoms with van der Waals surface area (Å²) < 4.78 is 5.35. The summed E-state index contributed by atoms with van der Waals surface area (Å²) in [5, 5.41) is 0. The molecule has 0 aromatic rings. The monoisotopic (exact) mass is 439 g/mol. The van der Waals surface area contributed by atoms with Crippen LogP contribution in [-0.4, -0.2) is 30.7 Å². The van der Waals surface area contributed by atoms with E-state index in [2.05, 4.69) is 39.8 Å². The van der Waals surface area contributed by atoms with E-state index in [0.717, 1.165) is 25.7 Å². The van der Waals surface area contributed by atoms with Gasteiger partial charge in [0.1, 0.15) is 0 Å². The molecule has 174 valence electrons. The largest absolute Gasteiger partial charge is 0.458 e. The van der Waals surface area contributed by atoms with Crippen LogP contribution >= 0.6 is 0 Å². The predicted molar refractivity (Wildman–Crippen MR) is 124 cm³/mol. The van der Waals surface area contributed by atoms with E-state index in [1.165, 1.54) is 11.1 Å². The molecule has 32 heavy (non-hydrogen) atoms. The van der Waals surface area contributed by atoms with Crippen LogP contribution < -0.4 is 5.73 Å². The summed E-state index contributed by atoms with van der Waals surface area (Å²) in [6.07, 6.45) is 12.6. The summed E-state index contributed by atoms with van der Waals surface area (Å²) in [7, 11) is 0. The first kappa shape index (κ1) is 23.2. The Morgan fingerprint density at radius 3 is 2.72 bits per heavy atom. The van der Waals surface area contributed by atoms with Crippen molar-refractivity contribution in [2.75, 3.05) is 13.2 Å². The zero-order valence-electron chi connectivity index (χ0n) is 19.9. The highest BCUT2D eigenvalue weighted by atomic mass is 16.5. The zero-order chi connectivity index (χ0) is 23.3. The maximum Gasteiger partial charge on any atom is 0.306 e. The third-order valence-electron chi connectivity index (χ3n) is 9.65. The van der Waals surface area contributed by atoms with Gasteiger partial charge in [-0.2, -0.15) is 0 Å². The van der Waals surface area contributed by atoms with Crippen LogP contribution in [0, 0.1) is 34.0 Å². The Bertz CT molecular complexity index is 930. The van der Waals surface area contributed by atoms with Crippen LogP contribution in [0.5, 0.6) is 0 Å². The van der Waals surface area contributed by atoms with Crippen LogP contribution in [-0.2, 0) is 19.1 Å². The number of ether oxygens (including phenoxy) is 1. The van der Waals surface area contributed by atoms with Crippen LogP contribution in [0.25, 0.3) is 0 Å². The van der Waals surface area contributed by atoms with Crippen LogP contribution in [0.4, 0.5) is 0 Å². The Balaban J connectivity index is 1.60. The van der Waals surface area contributed by atoms with Crippen molar-refractivity contribution in [1.29, 1.82) is 0 Å². The van der Waals surface area contributed by atoms with E-state index in [1.54, 1.807) is 6.08 Å². The van der Waals surface area contributed by atoms with Gasteiger partial charge in [-0.1, -0.05) is 44.1 Å². The van der Waals surface area contributed by atoms with E-state index in [0.29, 0.717) is 24.8 Å². The molecular formula is C27H37NO4. The SMILES string of the molecule is CC1CC2C3CCC4=CC(=O)C=CC4(C)C3=CCC2(C)C1(C)C(=O)COC(=O)CCCN. The number of rotatable bonds is 6. The van der Waals surface area contributed by atoms with Crippen LogP contribution in [0.3, 0.4) is 0 Å². The predicted octanol–water partition coefficient (Wildman–Crippen LogP) is 4.32. The molecule has 0 aliphatic heterocycles. The molecule has 0 heterocycles. The van der Waals surface area contributed by atoms with Crippen molar-refractivity contribution in [3.8, 4) is 0 Å². The second-order valence-electron chi connectivity index (χ2n) is 11.0. The highest BCUT2D eigenvalue weighted by molar-refractivity contribution is 6.01. The van der Waals surface area contributed by atoms with Crippen molar-refractivity contribution in [3.63, 3.8) is 0 Å². The van der Waals surface area contributed by atoms with E-state index in [4.69, 9.17) is 10.5 Å². The van der Waals surface area contributed by atoms with E-state index in [1.807, 2.05) is 6.08 Å². The molecule has 0 spiro atoms. The van der Waals surface area contributed by atoms with Crippen LogP contribution in [0.1, 0.15) is 66.2 Å². The molecule has 6 unspecified atom stereocenters. The normalized spacial score (nSPS) is 40.0. The summed E-state index contributed by atoms with van der Waals surface area (Å²) >= 11 is 0. The van der Waals surface area contributed by atoms with Gasteiger partial charge in [0.2, 0.25) is 0 Å². The minimum Gasteiger partial charge on any atom is -0.458 e. The maximum atomic E-state index is 13.5. The number of hydrogen-bond donors (Lipinski definition) is 1. The third-order valence-corrected chi connectivity index (χ3v) is 9.65. The molecule has 6 atom stereocenters.